The largest absolute Gasteiger partial charge is 0.364 e. The second kappa shape index (κ2) is 10.4. The summed E-state index contributed by atoms with van der Waals surface area (Å²) in [5.41, 5.74) is 7.95. The Morgan fingerprint density at radius 2 is 1.94 bits per heavy atom. The van der Waals surface area contributed by atoms with E-state index in [1.807, 2.05) is 19.9 Å². The number of nitrogen functional groups attached to an aromatic ring is 1. The van der Waals surface area contributed by atoms with Crippen LogP contribution in [-0.4, -0.2) is 43.8 Å². The zero-order valence-corrected chi connectivity index (χ0v) is 20.3. The Kier molecular flexibility index (Phi) is 7.14. The van der Waals surface area contributed by atoms with Crippen molar-refractivity contribution in [3.63, 3.8) is 0 Å². The molecule has 0 radical (unpaired) electrons. The van der Waals surface area contributed by atoms with E-state index in [-0.39, 0.29) is 23.6 Å². The number of nitrogens with zero attached hydrogens (tertiary/aromatic N) is 4. The average molecular weight is 488 g/mol. The molecular weight excluding hydrogens is 458 g/mol. The summed E-state index contributed by atoms with van der Waals surface area (Å²) < 4.78 is 1.18. The van der Waals surface area contributed by atoms with Gasteiger partial charge in [-0.2, -0.15) is 0 Å². The normalized spacial score (nSPS) is 15.4. The third-order valence-corrected chi connectivity index (χ3v) is 6.08. The molecule has 10 heteroatoms. The summed E-state index contributed by atoms with van der Waals surface area (Å²) in [5.74, 6) is 5.96. The van der Waals surface area contributed by atoms with E-state index in [0.29, 0.717) is 41.4 Å². The molecule has 1 aromatic carbocycles. The summed E-state index contributed by atoms with van der Waals surface area (Å²) in [4.78, 5) is 48.2. The van der Waals surface area contributed by atoms with Crippen LogP contribution in [0.3, 0.4) is 0 Å². The summed E-state index contributed by atoms with van der Waals surface area (Å²) in [6.45, 7) is 4.44. The molecule has 1 aliphatic heterocycles. The number of benzene rings is 1. The molecule has 0 spiro atoms. The van der Waals surface area contributed by atoms with Gasteiger partial charge in [0.2, 0.25) is 5.91 Å². The summed E-state index contributed by atoms with van der Waals surface area (Å²) in [6.07, 6.45) is 7.20. The van der Waals surface area contributed by atoms with Crippen molar-refractivity contribution >= 4 is 23.5 Å². The van der Waals surface area contributed by atoms with Gasteiger partial charge in [-0.15, -0.1) is 0 Å². The minimum absolute atomic E-state index is 0.0366. The number of pyridine rings is 1. The summed E-state index contributed by atoms with van der Waals surface area (Å²) >= 11 is 0. The van der Waals surface area contributed by atoms with Crippen LogP contribution < -0.4 is 16.9 Å². The minimum Gasteiger partial charge on any atom is -0.364 e. The molecule has 4 rings (SSSR count). The number of nitrogens with two attached hydrogens (primary N) is 2. The van der Waals surface area contributed by atoms with Gasteiger partial charge < -0.3 is 21.8 Å². The number of carbonyl (C=O) groups is 3. The fourth-order valence-electron chi connectivity index (χ4n) is 4.31. The van der Waals surface area contributed by atoms with Gasteiger partial charge in [0, 0.05) is 23.9 Å². The fraction of sp³-hybridized carbons (Fsp3) is 0.269. The number of aromatic nitrogens is 3. The molecule has 0 aliphatic carbocycles. The standard InChI is InChI=1S/C26H29N7O3/c1-3-4-7-21(34)32-14-5-6-19(32)25-31-22(23(24(27)35)33(25)28)17-8-10-18(11-9-17)26(36)30-20-15-16(2)12-13-29-20/h4,7-13,15,19H,3,5-6,14,28H2,1-2H3,(H2,27,35)(H,29,30,36). The van der Waals surface area contributed by atoms with Crippen LogP contribution in [0.2, 0.25) is 0 Å². The first kappa shape index (κ1) is 24.6. The lowest BCUT2D eigenvalue weighted by Crippen LogP contribution is -2.33. The molecule has 3 heterocycles. The molecule has 3 amide bonds. The molecule has 1 aliphatic rings. The first-order valence-corrected chi connectivity index (χ1v) is 11.8. The topological polar surface area (TPSA) is 149 Å². The predicted octanol–water partition coefficient (Wildman–Crippen LogP) is 2.95. The van der Waals surface area contributed by atoms with Gasteiger partial charge in [0.05, 0.1) is 6.04 Å². The zero-order valence-electron chi connectivity index (χ0n) is 20.3. The maximum absolute atomic E-state index is 12.7. The molecule has 186 valence electrons. The van der Waals surface area contributed by atoms with Crippen molar-refractivity contribution < 1.29 is 14.4 Å². The molecule has 1 saturated heterocycles. The number of likely N-dealkylation sites (tertiary alicyclic amines) is 1. The number of imidazole rings is 1. The van der Waals surface area contributed by atoms with E-state index >= 15 is 0 Å². The molecule has 1 unspecified atom stereocenters. The van der Waals surface area contributed by atoms with E-state index in [9.17, 15) is 14.4 Å². The molecule has 1 fully saturated rings. The number of amides is 3. The number of anilines is 1. The number of allylic oxidation sites excluding steroid dienone is 1. The number of aryl methyl sites for hydroxylation is 1. The number of carbonyl (C=O) groups excluding carboxylic acids is 3. The van der Waals surface area contributed by atoms with Crippen LogP contribution in [0.1, 0.15) is 64.5 Å². The second-order valence-corrected chi connectivity index (χ2v) is 8.65. The highest BCUT2D eigenvalue weighted by Crippen LogP contribution is 2.34. The monoisotopic (exact) mass is 487 g/mol. The van der Waals surface area contributed by atoms with E-state index in [1.54, 1.807) is 53.6 Å². The van der Waals surface area contributed by atoms with Crippen LogP contribution in [0, 0.1) is 6.92 Å². The van der Waals surface area contributed by atoms with Crippen LogP contribution in [0.15, 0.2) is 54.7 Å². The quantitative estimate of drug-likeness (QED) is 0.344. The summed E-state index contributed by atoms with van der Waals surface area (Å²) in [7, 11) is 0. The predicted molar refractivity (Wildman–Crippen MR) is 136 cm³/mol. The Balaban J connectivity index is 1.63. The number of primary amides is 1. The van der Waals surface area contributed by atoms with Crippen molar-refractivity contribution in [3.05, 3.63) is 77.4 Å². The molecule has 0 saturated carbocycles. The van der Waals surface area contributed by atoms with Gasteiger partial charge in [-0.25, -0.2) is 14.6 Å². The van der Waals surface area contributed by atoms with E-state index in [0.717, 1.165) is 18.4 Å². The molecule has 2 aromatic heterocycles. The number of rotatable bonds is 7. The van der Waals surface area contributed by atoms with E-state index in [2.05, 4.69) is 15.3 Å². The van der Waals surface area contributed by atoms with Crippen LogP contribution in [-0.2, 0) is 4.79 Å². The molecule has 36 heavy (non-hydrogen) atoms. The van der Waals surface area contributed by atoms with Crippen molar-refractivity contribution in [1.82, 2.24) is 19.5 Å². The minimum atomic E-state index is -0.736. The molecule has 1 atom stereocenters. The maximum atomic E-state index is 12.7. The van der Waals surface area contributed by atoms with Gasteiger partial charge in [0.15, 0.2) is 11.5 Å². The van der Waals surface area contributed by atoms with E-state index in [4.69, 9.17) is 11.6 Å². The highest BCUT2D eigenvalue weighted by molar-refractivity contribution is 6.04. The van der Waals surface area contributed by atoms with Gasteiger partial charge in [0.25, 0.3) is 11.8 Å². The van der Waals surface area contributed by atoms with Crippen LogP contribution in [0.4, 0.5) is 5.82 Å². The third kappa shape index (κ3) is 4.97. The van der Waals surface area contributed by atoms with Crippen molar-refractivity contribution in [3.8, 4) is 11.3 Å². The Morgan fingerprint density at radius 1 is 1.19 bits per heavy atom. The zero-order chi connectivity index (χ0) is 25.8. The number of nitrogens with one attached hydrogen (secondary N) is 1. The lowest BCUT2D eigenvalue weighted by Gasteiger charge is -2.23. The average Bonchev–Trinajstić information content (AvgIpc) is 3.47. The fourth-order valence-corrected chi connectivity index (χ4v) is 4.31. The van der Waals surface area contributed by atoms with E-state index in [1.165, 1.54) is 4.68 Å². The highest BCUT2D eigenvalue weighted by atomic mass is 16.2. The highest BCUT2D eigenvalue weighted by Gasteiger charge is 2.34. The van der Waals surface area contributed by atoms with Gasteiger partial charge in [-0.3, -0.25) is 14.4 Å². The third-order valence-electron chi connectivity index (χ3n) is 6.08. The van der Waals surface area contributed by atoms with Gasteiger partial charge >= 0.3 is 0 Å². The maximum Gasteiger partial charge on any atom is 0.269 e. The molecule has 3 aromatic rings. The van der Waals surface area contributed by atoms with Crippen LogP contribution >= 0.6 is 0 Å². The SMILES string of the molecule is CCC=CC(=O)N1CCCC1c1nc(-c2ccc(C(=O)Nc3cc(C)ccn3)cc2)c(C(N)=O)n1N. The molecule has 5 N–H and O–H groups in total. The Hall–Kier alpha value is -4.47. The number of hydrogen-bond donors (Lipinski definition) is 3. The van der Waals surface area contributed by atoms with E-state index < -0.39 is 5.91 Å². The lowest BCUT2D eigenvalue weighted by molar-refractivity contribution is -0.127. The number of hydrogen-bond acceptors (Lipinski definition) is 6. The van der Waals surface area contributed by atoms with Gasteiger partial charge in [0.1, 0.15) is 11.5 Å². The molecule has 0 bridgehead atoms. The Bertz CT molecular complexity index is 1330. The van der Waals surface area contributed by atoms with Crippen molar-refractivity contribution in [1.29, 1.82) is 0 Å². The first-order chi connectivity index (χ1) is 17.3. The first-order valence-electron chi connectivity index (χ1n) is 11.8. The molecular formula is C26H29N7O3. The van der Waals surface area contributed by atoms with Crippen molar-refractivity contribution in [2.75, 3.05) is 17.7 Å². The van der Waals surface area contributed by atoms with Crippen LogP contribution in [0.5, 0.6) is 0 Å². The lowest BCUT2D eigenvalue weighted by atomic mass is 10.1. The Morgan fingerprint density at radius 3 is 2.61 bits per heavy atom. The molecule has 10 nitrogen and oxygen atoms in total. The Labute approximate surface area is 209 Å². The second-order valence-electron chi connectivity index (χ2n) is 8.65. The smallest absolute Gasteiger partial charge is 0.269 e. The summed E-state index contributed by atoms with van der Waals surface area (Å²) in [6, 6.07) is 9.85. The van der Waals surface area contributed by atoms with Crippen molar-refractivity contribution in [2.24, 2.45) is 5.73 Å². The van der Waals surface area contributed by atoms with Gasteiger partial charge in [-0.05, 0) is 62.1 Å². The van der Waals surface area contributed by atoms with Crippen molar-refractivity contribution in [2.45, 2.75) is 39.2 Å². The van der Waals surface area contributed by atoms with Crippen LogP contribution in [0.25, 0.3) is 11.3 Å². The van der Waals surface area contributed by atoms with Gasteiger partial charge in [-0.1, -0.05) is 25.1 Å². The summed E-state index contributed by atoms with van der Waals surface area (Å²) in [5, 5.41) is 2.76.